The number of aryl methyl sites for hydroxylation is 1. The number of carbonyl (C=O) groups excluding carboxylic acids is 1. The maximum Gasteiger partial charge on any atom is 0.321 e. The van der Waals surface area contributed by atoms with Crippen molar-refractivity contribution in [2.24, 2.45) is 0 Å². The predicted molar refractivity (Wildman–Crippen MR) is 197 cm³/mol. The largest absolute Gasteiger partial charge is 0.497 e. The standard InChI is InChI=1S/C34H56N4O9S3/c1-6-18-37(19-7-2)49(42,43)23-16-32(39)47-34(17-15-30-14-11-22-48-30,27-35-25-28-12-10-13-29(24-28)46-5)36-31(33(40)41)26-50(44,45)38(20-8-3)21-9-4/h10-14,22,24,31,35-36H,6-9,15-21,23,25-27H2,1-5H3,(H,40,41)/t31-,34-/m1/s1. The number of hydrogen-bond donors (Lipinski definition) is 3. The van der Waals surface area contributed by atoms with Gasteiger partial charge >= 0.3 is 11.9 Å². The maximum atomic E-state index is 13.6. The molecular formula is C34H56N4O9S3. The number of carboxylic acid groups (broad SMARTS) is 1. The lowest BCUT2D eigenvalue weighted by Gasteiger charge is -2.37. The number of carboxylic acids is 1. The molecule has 0 amide bonds. The van der Waals surface area contributed by atoms with E-state index >= 15 is 0 Å². The van der Waals surface area contributed by atoms with E-state index in [1.807, 2.05) is 63.4 Å². The predicted octanol–water partition coefficient (Wildman–Crippen LogP) is 4.06. The van der Waals surface area contributed by atoms with Crippen LogP contribution in [0.3, 0.4) is 0 Å². The van der Waals surface area contributed by atoms with Gasteiger partial charge < -0.3 is 19.9 Å². The molecule has 0 aliphatic rings. The SMILES string of the molecule is CCCN(CCC)S(=O)(=O)CCC(=O)O[C@](CCc1cccs1)(CNCc1cccc(OC)c1)N[C@H](CS(=O)(=O)N(CCC)CCC)C(=O)O. The molecule has 2 rings (SSSR count). The topological polar surface area (TPSA) is 172 Å². The van der Waals surface area contributed by atoms with Crippen molar-refractivity contribution in [3.05, 3.63) is 52.2 Å². The van der Waals surface area contributed by atoms with Crippen LogP contribution in [0.25, 0.3) is 0 Å². The van der Waals surface area contributed by atoms with Crippen molar-refractivity contribution in [1.29, 1.82) is 0 Å². The van der Waals surface area contributed by atoms with Crippen molar-refractivity contribution in [2.45, 2.75) is 91.0 Å². The second kappa shape index (κ2) is 21.7. The van der Waals surface area contributed by atoms with E-state index in [4.69, 9.17) is 9.47 Å². The molecule has 13 nitrogen and oxygen atoms in total. The summed E-state index contributed by atoms with van der Waals surface area (Å²) in [6.45, 7) is 8.75. The monoisotopic (exact) mass is 760 g/mol. The number of methoxy groups -OCH3 is 1. The van der Waals surface area contributed by atoms with Gasteiger partial charge in [0.15, 0.2) is 5.72 Å². The Labute approximate surface area is 302 Å². The molecule has 0 aliphatic heterocycles. The molecule has 16 heteroatoms. The molecule has 1 aromatic carbocycles. The van der Waals surface area contributed by atoms with Gasteiger partial charge in [-0.05, 0) is 61.2 Å². The molecule has 0 radical (unpaired) electrons. The lowest BCUT2D eigenvalue weighted by atomic mass is 10.0. The lowest BCUT2D eigenvalue weighted by molar-refractivity contribution is -0.167. The third-order valence-electron chi connectivity index (χ3n) is 7.89. The molecule has 3 N–H and O–H groups in total. The quantitative estimate of drug-likeness (QED) is 0.0887. The molecule has 0 saturated heterocycles. The summed E-state index contributed by atoms with van der Waals surface area (Å²) >= 11 is 1.48. The number of nitrogens with one attached hydrogen (secondary N) is 2. The van der Waals surface area contributed by atoms with E-state index in [1.54, 1.807) is 13.2 Å². The Kier molecular flexibility index (Phi) is 18.9. The fourth-order valence-corrected chi connectivity index (χ4v) is 9.59. The Morgan fingerprint density at radius 3 is 2.08 bits per heavy atom. The van der Waals surface area contributed by atoms with Gasteiger partial charge in [-0.15, -0.1) is 11.3 Å². The number of rotatable bonds is 27. The molecule has 0 unspecified atom stereocenters. The molecule has 2 aromatic rings. The highest BCUT2D eigenvalue weighted by atomic mass is 32.2. The number of nitrogens with zero attached hydrogens (tertiary/aromatic N) is 2. The summed E-state index contributed by atoms with van der Waals surface area (Å²) < 4.78 is 67.5. The molecule has 0 bridgehead atoms. The average molecular weight is 761 g/mol. The number of carbonyl (C=O) groups is 2. The van der Waals surface area contributed by atoms with Gasteiger partial charge in [0.1, 0.15) is 11.8 Å². The highest BCUT2D eigenvalue weighted by Crippen LogP contribution is 2.23. The summed E-state index contributed by atoms with van der Waals surface area (Å²) in [5.41, 5.74) is -0.886. The number of aliphatic carboxylic acids is 1. The van der Waals surface area contributed by atoms with Crippen LogP contribution in [-0.2, 0) is 47.3 Å². The van der Waals surface area contributed by atoms with E-state index in [0.717, 1.165) is 10.4 Å². The molecule has 2 atom stereocenters. The van der Waals surface area contributed by atoms with Crippen molar-refractivity contribution < 1.29 is 41.0 Å². The molecule has 0 saturated carbocycles. The smallest absolute Gasteiger partial charge is 0.321 e. The van der Waals surface area contributed by atoms with Crippen LogP contribution in [0.15, 0.2) is 41.8 Å². The fourth-order valence-electron chi connectivity index (χ4n) is 5.50. The molecule has 1 aromatic heterocycles. The summed E-state index contributed by atoms with van der Waals surface area (Å²) in [6.07, 6.45) is 2.32. The van der Waals surface area contributed by atoms with Crippen LogP contribution >= 0.6 is 11.3 Å². The van der Waals surface area contributed by atoms with Crippen LogP contribution in [0.4, 0.5) is 0 Å². The summed E-state index contributed by atoms with van der Waals surface area (Å²) in [7, 11) is -6.26. The van der Waals surface area contributed by atoms with Crippen LogP contribution in [0.1, 0.15) is 76.7 Å². The molecular weight excluding hydrogens is 705 g/mol. The van der Waals surface area contributed by atoms with E-state index < -0.39 is 61.7 Å². The van der Waals surface area contributed by atoms with Gasteiger partial charge in [0, 0.05) is 50.6 Å². The van der Waals surface area contributed by atoms with Crippen molar-refractivity contribution >= 4 is 43.3 Å². The normalized spacial score (nSPS) is 14.1. The van der Waals surface area contributed by atoms with Gasteiger partial charge in [-0.3, -0.25) is 14.9 Å². The third kappa shape index (κ3) is 14.6. The first-order chi connectivity index (χ1) is 23.7. The highest BCUT2D eigenvalue weighted by Gasteiger charge is 2.41. The number of hydrogen-bond acceptors (Lipinski definition) is 11. The Balaban J connectivity index is 2.50. The van der Waals surface area contributed by atoms with Crippen LogP contribution < -0.4 is 15.4 Å². The minimum absolute atomic E-state index is 0.0758. The summed E-state index contributed by atoms with van der Waals surface area (Å²) in [5, 5.41) is 18.4. The number of benzene rings is 1. The van der Waals surface area contributed by atoms with E-state index in [2.05, 4.69) is 10.6 Å². The molecule has 0 fully saturated rings. The van der Waals surface area contributed by atoms with Crippen LogP contribution in [-0.4, -0.2) is 106 Å². The Morgan fingerprint density at radius 2 is 1.54 bits per heavy atom. The Bertz CT molecular complexity index is 1510. The minimum Gasteiger partial charge on any atom is -0.497 e. The highest BCUT2D eigenvalue weighted by molar-refractivity contribution is 7.89. The van der Waals surface area contributed by atoms with E-state index in [-0.39, 0.29) is 32.6 Å². The molecule has 0 aliphatic carbocycles. The minimum atomic E-state index is -4.04. The number of ether oxygens (including phenoxy) is 2. The van der Waals surface area contributed by atoms with Crippen LogP contribution in [0.5, 0.6) is 5.75 Å². The zero-order valence-corrected chi connectivity index (χ0v) is 32.5. The average Bonchev–Trinajstić information content (AvgIpc) is 3.60. The van der Waals surface area contributed by atoms with Gasteiger partial charge in [-0.25, -0.2) is 25.4 Å². The summed E-state index contributed by atoms with van der Waals surface area (Å²) in [4.78, 5) is 27.2. The van der Waals surface area contributed by atoms with Crippen molar-refractivity contribution in [2.75, 3.05) is 51.3 Å². The third-order valence-corrected chi connectivity index (χ3v) is 12.6. The van der Waals surface area contributed by atoms with Gasteiger partial charge in [0.05, 0.1) is 25.0 Å². The number of sulfonamides is 2. The van der Waals surface area contributed by atoms with Gasteiger partial charge in [-0.2, -0.15) is 0 Å². The van der Waals surface area contributed by atoms with Crippen molar-refractivity contribution in [1.82, 2.24) is 19.2 Å². The first kappa shape index (κ1) is 43.6. The Hall–Kier alpha value is -2.60. The fraction of sp³-hybridized carbons (Fsp3) is 0.647. The zero-order valence-electron chi connectivity index (χ0n) is 30.1. The second-order valence-electron chi connectivity index (χ2n) is 12.2. The maximum absolute atomic E-state index is 13.6. The molecule has 1 heterocycles. The first-order valence-electron chi connectivity index (χ1n) is 17.3. The lowest BCUT2D eigenvalue weighted by Crippen LogP contribution is -2.62. The number of thiophene rings is 1. The van der Waals surface area contributed by atoms with Crippen molar-refractivity contribution in [3.8, 4) is 5.75 Å². The first-order valence-corrected chi connectivity index (χ1v) is 21.4. The van der Waals surface area contributed by atoms with Gasteiger partial charge in [0.2, 0.25) is 20.0 Å². The number of esters is 1. The molecule has 0 spiro atoms. The van der Waals surface area contributed by atoms with E-state index in [0.29, 0.717) is 50.9 Å². The Morgan fingerprint density at radius 1 is 0.920 bits per heavy atom. The molecule has 284 valence electrons. The van der Waals surface area contributed by atoms with Gasteiger partial charge in [0.25, 0.3) is 0 Å². The van der Waals surface area contributed by atoms with Crippen molar-refractivity contribution in [3.63, 3.8) is 0 Å². The molecule has 50 heavy (non-hydrogen) atoms. The summed E-state index contributed by atoms with van der Waals surface area (Å²) in [6, 6.07) is 9.43. The van der Waals surface area contributed by atoms with E-state index in [1.165, 1.54) is 19.9 Å². The second-order valence-corrected chi connectivity index (χ2v) is 17.3. The summed E-state index contributed by atoms with van der Waals surface area (Å²) in [5.74, 6) is -2.89. The zero-order chi connectivity index (χ0) is 37.2. The van der Waals surface area contributed by atoms with Crippen LogP contribution in [0, 0.1) is 0 Å². The van der Waals surface area contributed by atoms with E-state index in [9.17, 15) is 31.5 Å². The van der Waals surface area contributed by atoms with Gasteiger partial charge in [-0.1, -0.05) is 45.9 Å². The van der Waals surface area contributed by atoms with Crippen LogP contribution in [0.2, 0.25) is 0 Å².